The Bertz CT molecular complexity index is 1380. The molecule has 3 aromatic heterocycles. The van der Waals surface area contributed by atoms with E-state index < -0.39 is 5.92 Å². The average molecular weight is 459 g/mol. The number of carbonyl (C=O) groups excluding carboxylic acids is 1. The SMILES string of the molecule is O=C(NCCc1csc2nc(-c3cccs3)nn12)C1c2ccccc2Oc2ccccc21. The molecule has 0 bridgehead atoms. The van der Waals surface area contributed by atoms with Gasteiger partial charge in [0.05, 0.1) is 16.5 Å². The monoisotopic (exact) mass is 458 g/mol. The molecule has 0 atom stereocenters. The normalized spacial score (nSPS) is 12.9. The third-order valence-corrected chi connectivity index (χ3v) is 7.24. The summed E-state index contributed by atoms with van der Waals surface area (Å²) in [6.07, 6.45) is 0.672. The number of thiazole rings is 1. The average Bonchev–Trinajstić information content (AvgIpc) is 3.55. The third-order valence-electron chi connectivity index (χ3n) is 5.51. The molecule has 1 amide bonds. The number of thiophene rings is 1. The molecule has 1 aliphatic heterocycles. The lowest BCUT2D eigenvalue weighted by Gasteiger charge is -2.27. The summed E-state index contributed by atoms with van der Waals surface area (Å²) in [5.41, 5.74) is 2.81. The van der Waals surface area contributed by atoms with Gasteiger partial charge in [0.25, 0.3) is 0 Å². The van der Waals surface area contributed by atoms with Crippen LogP contribution in [-0.4, -0.2) is 27.0 Å². The van der Waals surface area contributed by atoms with Crippen molar-refractivity contribution >= 4 is 33.5 Å². The molecule has 1 aliphatic rings. The number of aromatic nitrogens is 3. The minimum absolute atomic E-state index is 0.0301. The summed E-state index contributed by atoms with van der Waals surface area (Å²) in [7, 11) is 0. The van der Waals surface area contributed by atoms with Crippen LogP contribution in [0.1, 0.15) is 22.7 Å². The Kier molecular flexibility index (Phi) is 4.74. The van der Waals surface area contributed by atoms with Crippen molar-refractivity contribution in [1.29, 1.82) is 0 Å². The van der Waals surface area contributed by atoms with E-state index in [1.54, 1.807) is 22.7 Å². The van der Waals surface area contributed by atoms with Crippen LogP contribution >= 0.6 is 22.7 Å². The van der Waals surface area contributed by atoms with Crippen LogP contribution in [0.25, 0.3) is 15.7 Å². The number of rotatable bonds is 5. The van der Waals surface area contributed by atoms with Crippen molar-refractivity contribution in [3.63, 3.8) is 0 Å². The highest BCUT2D eigenvalue weighted by Gasteiger charge is 2.32. The fraction of sp³-hybridized carbons (Fsp3) is 0.125. The molecule has 0 unspecified atom stereocenters. The summed E-state index contributed by atoms with van der Waals surface area (Å²) in [6.45, 7) is 0.514. The second-order valence-corrected chi connectivity index (χ2v) is 9.27. The van der Waals surface area contributed by atoms with Crippen molar-refractivity contribution in [2.75, 3.05) is 6.54 Å². The third kappa shape index (κ3) is 3.28. The summed E-state index contributed by atoms with van der Waals surface area (Å²) < 4.78 is 7.89. The van der Waals surface area contributed by atoms with Crippen molar-refractivity contribution in [2.24, 2.45) is 0 Å². The summed E-state index contributed by atoms with van der Waals surface area (Å²) >= 11 is 3.19. The predicted octanol–water partition coefficient (Wildman–Crippen LogP) is 5.12. The highest BCUT2D eigenvalue weighted by Crippen LogP contribution is 2.43. The molecule has 0 fully saturated rings. The number of nitrogens with zero attached hydrogens (tertiary/aromatic N) is 3. The first-order valence-electron chi connectivity index (χ1n) is 10.3. The van der Waals surface area contributed by atoms with Crippen LogP contribution in [0.15, 0.2) is 71.4 Å². The highest BCUT2D eigenvalue weighted by atomic mass is 32.1. The first-order chi connectivity index (χ1) is 15.8. The van der Waals surface area contributed by atoms with Gasteiger partial charge in [-0.05, 0) is 23.6 Å². The quantitative estimate of drug-likeness (QED) is 0.397. The van der Waals surface area contributed by atoms with E-state index in [0.29, 0.717) is 13.0 Å². The molecule has 158 valence electrons. The van der Waals surface area contributed by atoms with Crippen molar-refractivity contribution < 1.29 is 9.53 Å². The Morgan fingerprint density at radius 3 is 2.47 bits per heavy atom. The maximum absolute atomic E-state index is 13.3. The molecule has 2 aromatic carbocycles. The largest absolute Gasteiger partial charge is 0.457 e. The Balaban J connectivity index is 1.21. The van der Waals surface area contributed by atoms with E-state index >= 15 is 0 Å². The fourth-order valence-electron chi connectivity index (χ4n) is 4.02. The number of hydrogen-bond donors (Lipinski definition) is 1. The van der Waals surface area contributed by atoms with Gasteiger partial charge < -0.3 is 10.1 Å². The second-order valence-electron chi connectivity index (χ2n) is 7.49. The molecule has 1 N–H and O–H groups in total. The smallest absolute Gasteiger partial charge is 0.232 e. The van der Waals surface area contributed by atoms with Crippen LogP contribution in [0.2, 0.25) is 0 Å². The molecular weight excluding hydrogens is 440 g/mol. The van der Waals surface area contributed by atoms with Gasteiger partial charge in [-0.1, -0.05) is 42.5 Å². The lowest BCUT2D eigenvalue weighted by Crippen LogP contribution is -2.33. The molecule has 6 rings (SSSR count). The van der Waals surface area contributed by atoms with Gasteiger partial charge >= 0.3 is 0 Å². The van der Waals surface area contributed by atoms with Gasteiger partial charge in [0, 0.05) is 29.5 Å². The van der Waals surface area contributed by atoms with Crippen molar-refractivity contribution in [3.05, 3.63) is 88.2 Å². The van der Waals surface area contributed by atoms with Gasteiger partial charge in [0.15, 0.2) is 5.82 Å². The molecule has 6 nitrogen and oxygen atoms in total. The number of benzene rings is 2. The minimum Gasteiger partial charge on any atom is -0.457 e. The number of amides is 1. The molecular formula is C24H18N4O2S2. The van der Waals surface area contributed by atoms with Crippen LogP contribution in [-0.2, 0) is 11.2 Å². The highest BCUT2D eigenvalue weighted by molar-refractivity contribution is 7.15. The molecule has 0 aliphatic carbocycles. The first kappa shape index (κ1) is 19.2. The first-order valence-corrected chi connectivity index (χ1v) is 12.0. The zero-order valence-corrected chi connectivity index (χ0v) is 18.5. The minimum atomic E-state index is -0.393. The van der Waals surface area contributed by atoms with Crippen LogP contribution in [0.5, 0.6) is 11.5 Å². The van der Waals surface area contributed by atoms with Gasteiger partial charge in [-0.25, -0.2) is 4.52 Å². The summed E-state index contributed by atoms with van der Waals surface area (Å²) in [5.74, 6) is 1.78. The molecule has 5 aromatic rings. The molecule has 0 radical (unpaired) electrons. The van der Waals surface area contributed by atoms with Crippen LogP contribution in [0.3, 0.4) is 0 Å². The van der Waals surface area contributed by atoms with Gasteiger partial charge in [0.1, 0.15) is 11.5 Å². The lowest BCUT2D eigenvalue weighted by molar-refractivity contribution is -0.121. The zero-order chi connectivity index (χ0) is 21.5. The van der Waals surface area contributed by atoms with Crippen LogP contribution in [0.4, 0.5) is 0 Å². The Morgan fingerprint density at radius 1 is 1.00 bits per heavy atom. The Hall–Kier alpha value is -3.49. The fourth-order valence-corrected chi connectivity index (χ4v) is 5.52. The predicted molar refractivity (Wildman–Crippen MR) is 126 cm³/mol. The molecule has 0 saturated heterocycles. The van der Waals surface area contributed by atoms with E-state index in [0.717, 1.165) is 44.0 Å². The maximum Gasteiger partial charge on any atom is 0.232 e. The number of nitrogens with one attached hydrogen (secondary N) is 1. The Morgan fingerprint density at radius 2 is 1.75 bits per heavy atom. The van der Waals surface area contributed by atoms with E-state index in [9.17, 15) is 4.79 Å². The molecule has 0 saturated carbocycles. The number of fused-ring (bicyclic) bond motifs is 3. The van der Waals surface area contributed by atoms with E-state index in [2.05, 4.69) is 20.8 Å². The van der Waals surface area contributed by atoms with Gasteiger partial charge in [-0.3, -0.25) is 4.79 Å². The number of carbonyl (C=O) groups is 1. The van der Waals surface area contributed by atoms with Gasteiger partial charge in [0.2, 0.25) is 10.9 Å². The number of hydrogen-bond acceptors (Lipinski definition) is 6. The van der Waals surface area contributed by atoms with Crippen molar-refractivity contribution in [2.45, 2.75) is 12.3 Å². The standard InChI is InChI=1S/C24H18N4O2S2/c29-23(21-16-6-1-3-8-18(16)30-19-9-4-2-7-17(19)21)25-12-11-15-14-32-24-26-22(27-28(15)24)20-10-5-13-31-20/h1-10,13-14,21H,11-12H2,(H,25,29). The Labute approximate surface area is 192 Å². The van der Waals surface area contributed by atoms with E-state index in [4.69, 9.17) is 4.74 Å². The molecule has 32 heavy (non-hydrogen) atoms. The topological polar surface area (TPSA) is 68.5 Å². The lowest BCUT2D eigenvalue weighted by atomic mass is 9.87. The van der Waals surface area contributed by atoms with Crippen molar-refractivity contribution in [3.8, 4) is 22.2 Å². The zero-order valence-electron chi connectivity index (χ0n) is 16.9. The number of para-hydroxylation sites is 2. The summed E-state index contributed by atoms with van der Waals surface area (Å²) in [5, 5.41) is 11.9. The van der Waals surface area contributed by atoms with Crippen LogP contribution < -0.4 is 10.1 Å². The summed E-state index contributed by atoms with van der Waals surface area (Å²) in [4.78, 5) is 19.8. The maximum atomic E-state index is 13.3. The van der Waals surface area contributed by atoms with E-state index in [-0.39, 0.29) is 5.91 Å². The van der Waals surface area contributed by atoms with Crippen LogP contribution in [0, 0.1) is 0 Å². The summed E-state index contributed by atoms with van der Waals surface area (Å²) in [6, 6.07) is 19.5. The van der Waals surface area contributed by atoms with Gasteiger partial charge in [-0.15, -0.1) is 27.8 Å². The van der Waals surface area contributed by atoms with Crippen molar-refractivity contribution in [1.82, 2.24) is 19.9 Å². The van der Waals surface area contributed by atoms with E-state index in [1.165, 1.54) is 0 Å². The second kappa shape index (κ2) is 7.89. The van der Waals surface area contributed by atoms with Gasteiger partial charge in [-0.2, -0.15) is 4.98 Å². The van der Waals surface area contributed by atoms with E-state index in [1.807, 2.05) is 70.6 Å². The number of ether oxygens (including phenoxy) is 1. The molecule has 8 heteroatoms. The molecule has 4 heterocycles. The molecule has 0 spiro atoms.